The van der Waals surface area contributed by atoms with Crippen molar-refractivity contribution in [3.8, 4) is 0 Å². The quantitative estimate of drug-likeness (QED) is 0.782. The Bertz CT molecular complexity index is 404. The minimum Gasteiger partial charge on any atom is -0.380 e. The van der Waals surface area contributed by atoms with E-state index >= 15 is 0 Å². The van der Waals surface area contributed by atoms with Gasteiger partial charge in [0.2, 0.25) is 0 Å². The highest BCUT2D eigenvalue weighted by Gasteiger charge is 2.09. The van der Waals surface area contributed by atoms with Gasteiger partial charge in [-0.15, -0.1) is 11.3 Å². The van der Waals surface area contributed by atoms with Crippen molar-refractivity contribution in [3.63, 3.8) is 0 Å². The second-order valence-corrected chi connectivity index (χ2v) is 4.94. The van der Waals surface area contributed by atoms with Crippen molar-refractivity contribution in [2.75, 3.05) is 13.7 Å². The molecule has 80 valence electrons. The number of aromatic nitrogens is 1. The van der Waals surface area contributed by atoms with E-state index in [-0.39, 0.29) is 0 Å². The Kier molecular flexibility index (Phi) is 3.34. The van der Waals surface area contributed by atoms with Crippen molar-refractivity contribution in [2.24, 2.45) is 0 Å². The molecule has 0 radical (unpaired) electrons. The molecule has 1 aromatic heterocycles. The topological polar surface area (TPSA) is 22.1 Å². The van der Waals surface area contributed by atoms with E-state index in [1.807, 2.05) is 6.20 Å². The zero-order chi connectivity index (χ0) is 10.7. The van der Waals surface area contributed by atoms with Gasteiger partial charge in [0.1, 0.15) is 5.01 Å². The molecule has 3 heteroatoms. The first kappa shape index (κ1) is 10.6. The van der Waals surface area contributed by atoms with Crippen LogP contribution in [0.3, 0.4) is 0 Å². The molecule has 0 aromatic carbocycles. The lowest BCUT2D eigenvalue weighted by molar-refractivity contribution is 0.223. The number of aryl methyl sites for hydroxylation is 1. The molecule has 0 fully saturated rings. The van der Waals surface area contributed by atoms with Crippen molar-refractivity contribution < 1.29 is 4.74 Å². The van der Waals surface area contributed by atoms with Gasteiger partial charge in [0.15, 0.2) is 0 Å². The highest BCUT2D eigenvalue weighted by molar-refractivity contribution is 7.12. The summed E-state index contributed by atoms with van der Waals surface area (Å²) in [7, 11) is 1.74. The van der Waals surface area contributed by atoms with Gasteiger partial charge in [-0.1, -0.05) is 12.2 Å². The fraction of sp³-hybridized carbons (Fsp3) is 0.417. The lowest BCUT2D eigenvalue weighted by Gasteiger charge is -2.11. The van der Waals surface area contributed by atoms with E-state index in [2.05, 4.69) is 24.1 Å². The zero-order valence-electron chi connectivity index (χ0n) is 9.12. The van der Waals surface area contributed by atoms with Gasteiger partial charge in [0.05, 0.1) is 6.61 Å². The zero-order valence-corrected chi connectivity index (χ0v) is 9.93. The van der Waals surface area contributed by atoms with Crippen molar-refractivity contribution >= 4 is 16.9 Å². The number of nitrogens with zero attached hydrogens (tertiary/aromatic N) is 1. The predicted molar refractivity (Wildman–Crippen MR) is 64.0 cm³/mol. The van der Waals surface area contributed by atoms with E-state index in [1.165, 1.54) is 16.0 Å². The molecule has 0 spiro atoms. The lowest BCUT2D eigenvalue weighted by atomic mass is 10.0. The molecule has 0 N–H and O–H groups in total. The van der Waals surface area contributed by atoms with E-state index in [0.717, 1.165) is 24.5 Å². The number of methoxy groups -OCH3 is 1. The number of rotatable bonds is 3. The predicted octanol–water partition coefficient (Wildman–Crippen LogP) is 3.20. The fourth-order valence-corrected chi connectivity index (χ4v) is 2.48. The first-order chi connectivity index (χ1) is 7.29. The number of thiazole rings is 1. The van der Waals surface area contributed by atoms with Crippen LogP contribution < -0.4 is 0 Å². The summed E-state index contributed by atoms with van der Waals surface area (Å²) >= 11 is 1.75. The largest absolute Gasteiger partial charge is 0.380 e. The maximum absolute atomic E-state index is 5.16. The van der Waals surface area contributed by atoms with Crippen LogP contribution in [0.5, 0.6) is 0 Å². The molecule has 1 aromatic rings. The summed E-state index contributed by atoms with van der Waals surface area (Å²) in [6.45, 7) is 2.83. The minimum absolute atomic E-state index is 0.738. The van der Waals surface area contributed by atoms with Crippen molar-refractivity contribution in [1.29, 1.82) is 0 Å². The van der Waals surface area contributed by atoms with Crippen LogP contribution in [0.1, 0.15) is 22.7 Å². The Labute approximate surface area is 94.3 Å². The molecule has 0 saturated heterocycles. The highest BCUT2D eigenvalue weighted by Crippen LogP contribution is 2.27. The van der Waals surface area contributed by atoms with Crippen LogP contribution in [0.15, 0.2) is 23.9 Å². The second-order valence-electron chi connectivity index (χ2n) is 3.71. The Morgan fingerprint density at radius 3 is 3.07 bits per heavy atom. The normalized spacial score (nSPS) is 16.1. The first-order valence-electron chi connectivity index (χ1n) is 5.11. The number of hydrogen-bond acceptors (Lipinski definition) is 3. The molecule has 0 atom stereocenters. The molecule has 0 bridgehead atoms. The Morgan fingerprint density at radius 1 is 1.53 bits per heavy atom. The van der Waals surface area contributed by atoms with Gasteiger partial charge in [0.25, 0.3) is 0 Å². The lowest BCUT2D eigenvalue weighted by Crippen LogP contribution is -1.98. The smallest absolute Gasteiger partial charge is 0.123 e. The number of ether oxygens (including phenoxy) is 1. The number of allylic oxidation sites excluding steroid dienone is 3. The van der Waals surface area contributed by atoms with Crippen LogP contribution in [0.25, 0.3) is 5.57 Å². The average Bonchev–Trinajstić information content (AvgIpc) is 2.66. The second kappa shape index (κ2) is 4.73. The van der Waals surface area contributed by atoms with Crippen LogP contribution in [-0.4, -0.2) is 18.7 Å². The SMILES string of the molecule is COCC1=CC(c2ncc(C)s2)=CCC1. The van der Waals surface area contributed by atoms with Crippen molar-refractivity contribution in [1.82, 2.24) is 4.98 Å². The third-order valence-electron chi connectivity index (χ3n) is 2.39. The molecule has 0 unspecified atom stereocenters. The van der Waals surface area contributed by atoms with E-state index in [1.54, 1.807) is 18.4 Å². The van der Waals surface area contributed by atoms with Crippen LogP contribution >= 0.6 is 11.3 Å². The maximum atomic E-state index is 5.16. The standard InChI is InChI=1S/C12H15NOS/c1-9-7-13-12(15-9)11-5-3-4-10(6-11)8-14-2/h5-7H,3-4,8H2,1-2H3. The van der Waals surface area contributed by atoms with Gasteiger partial charge >= 0.3 is 0 Å². The molecule has 1 aliphatic carbocycles. The van der Waals surface area contributed by atoms with Gasteiger partial charge in [-0.05, 0) is 25.3 Å². The van der Waals surface area contributed by atoms with E-state index < -0.39 is 0 Å². The van der Waals surface area contributed by atoms with Crippen LogP contribution in [0.2, 0.25) is 0 Å². The summed E-state index contributed by atoms with van der Waals surface area (Å²) in [4.78, 5) is 5.66. The average molecular weight is 221 g/mol. The van der Waals surface area contributed by atoms with E-state index in [0.29, 0.717) is 0 Å². The summed E-state index contributed by atoms with van der Waals surface area (Å²) in [5.41, 5.74) is 2.62. The summed E-state index contributed by atoms with van der Waals surface area (Å²) in [6, 6.07) is 0. The molecule has 2 rings (SSSR count). The van der Waals surface area contributed by atoms with Crippen molar-refractivity contribution in [2.45, 2.75) is 19.8 Å². The molecule has 1 aliphatic rings. The Morgan fingerprint density at radius 2 is 2.40 bits per heavy atom. The Balaban J connectivity index is 2.19. The molecule has 2 nitrogen and oxygen atoms in total. The summed E-state index contributed by atoms with van der Waals surface area (Å²) in [5, 5.41) is 1.13. The first-order valence-corrected chi connectivity index (χ1v) is 5.92. The van der Waals surface area contributed by atoms with Crippen LogP contribution in [-0.2, 0) is 4.74 Å². The van der Waals surface area contributed by atoms with E-state index in [9.17, 15) is 0 Å². The Hall–Kier alpha value is -0.930. The van der Waals surface area contributed by atoms with Gasteiger partial charge in [-0.3, -0.25) is 0 Å². The maximum Gasteiger partial charge on any atom is 0.123 e. The van der Waals surface area contributed by atoms with Gasteiger partial charge < -0.3 is 4.74 Å². The monoisotopic (exact) mass is 221 g/mol. The molecule has 0 aliphatic heterocycles. The molecule has 0 amide bonds. The van der Waals surface area contributed by atoms with Gasteiger partial charge in [-0.2, -0.15) is 0 Å². The third-order valence-corrected chi connectivity index (χ3v) is 3.35. The summed E-state index contributed by atoms with van der Waals surface area (Å²) in [6.07, 6.45) is 8.62. The molecular formula is C12H15NOS. The third kappa shape index (κ3) is 2.55. The van der Waals surface area contributed by atoms with E-state index in [4.69, 9.17) is 4.74 Å². The van der Waals surface area contributed by atoms with Gasteiger partial charge in [-0.25, -0.2) is 4.98 Å². The highest BCUT2D eigenvalue weighted by atomic mass is 32.1. The number of hydrogen-bond donors (Lipinski definition) is 0. The molecule has 15 heavy (non-hydrogen) atoms. The summed E-state index contributed by atoms with van der Waals surface area (Å²) < 4.78 is 5.16. The fourth-order valence-electron chi connectivity index (χ4n) is 1.70. The van der Waals surface area contributed by atoms with Crippen molar-refractivity contribution in [3.05, 3.63) is 33.8 Å². The molecular weight excluding hydrogens is 206 g/mol. The van der Waals surface area contributed by atoms with Crippen LogP contribution in [0, 0.1) is 6.92 Å². The van der Waals surface area contributed by atoms with Gasteiger partial charge in [0, 0.05) is 23.8 Å². The summed E-state index contributed by atoms with van der Waals surface area (Å²) in [5.74, 6) is 0. The van der Waals surface area contributed by atoms with Crippen LogP contribution in [0.4, 0.5) is 0 Å². The minimum atomic E-state index is 0.738. The molecule has 1 heterocycles. The molecule has 0 saturated carbocycles.